The molecule has 4 nitrogen and oxygen atoms in total. The van der Waals surface area contributed by atoms with Gasteiger partial charge in [0.15, 0.2) is 6.61 Å². The second kappa shape index (κ2) is 7.61. The van der Waals surface area contributed by atoms with Crippen LogP contribution in [0, 0.1) is 6.92 Å². The van der Waals surface area contributed by atoms with E-state index in [0.29, 0.717) is 10.8 Å². The van der Waals surface area contributed by atoms with Crippen molar-refractivity contribution < 1.29 is 9.53 Å². The first-order valence-corrected chi connectivity index (χ1v) is 7.21. The smallest absolute Gasteiger partial charge is 0.277 e. The Labute approximate surface area is 134 Å². The lowest BCUT2D eigenvalue weighted by Crippen LogP contribution is -2.25. The molecule has 22 heavy (non-hydrogen) atoms. The number of halogens is 1. The summed E-state index contributed by atoms with van der Waals surface area (Å²) in [6, 6.07) is 14.9. The van der Waals surface area contributed by atoms with Gasteiger partial charge in [-0.3, -0.25) is 4.79 Å². The van der Waals surface area contributed by atoms with Crippen molar-refractivity contribution in [2.24, 2.45) is 5.10 Å². The molecule has 0 saturated heterocycles. The van der Waals surface area contributed by atoms with Gasteiger partial charge in [0, 0.05) is 5.02 Å². The Morgan fingerprint density at radius 1 is 1.23 bits per heavy atom. The third kappa shape index (κ3) is 4.60. The molecule has 0 radical (unpaired) electrons. The first-order valence-electron chi connectivity index (χ1n) is 6.84. The van der Waals surface area contributed by atoms with Gasteiger partial charge in [-0.05, 0) is 43.2 Å². The van der Waals surface area contributed by atoms with Crippen LogP contribution in [0.25, 0.3) is 0 Å². The predicted octanol–water partition coefficient (Wildman–Crippen LogP) is 3.57. The molecule has 0 saturated carbocycles. The number of nitrogens with zero attached hydrogens (tertiary/aromatic N) is 1. The van der Waals surface area contributed by atoms with Gasteiger partial charge in [-0.25, -0.2) is 5.43 Å². The van der Waals surface area contributed by atoms with E-state index in [0.717, 1.165) is 16.8 Å². The van der Waals surface area contributed by atoms with Crippen molar-refractivity contribution in [3.63, 3.8) is 0 Å². The van der Waals surface area contributed by atoms with Crippen LogP contribution in [0.15, 0.2) is 53.6 Å². The summed E-state index contributed by atoms with van der Waals surface area (Å²) >= 11 is 5.87. The third-order valence-corrected chi connectivity index (χ3v) is 3.27. The SMILES string of the molecule is C/C(=N/NC(=O)COc1ccc(Cl)cc1C)c1ccccc1. The zero-order valence-corrected chi connectivity index (χ0v) is 13.2. The van der Waals surface area contributed by atoms with Crippen LogP contribution in [0.4, 0.5) is 0 Å². The second-order valence-electron chi connectivity index (χ2n) is 4.80. The van der Waals surface area contributed by atoms with Gasteiger partial charge in [0.1, 0.15) is 5.75 Å². The molecule has 0 fully saturated rings. The van der Waals surface area contributed by atoms with Crippen LogP contribution >= 0.6 is 11.6 Å². The molecule has 0 unspecified atom stereocenters. The Balaban J connectivity index is 1.88. The summed E-state index contributed by atoms with van der Waals surface area (Å²) in [5.74, 6) is 0.313. The molecule has 5 heteroatoms. The third-order valence-electron chi connectivity index (χ3n) is 3.04. The van der Waals surface area contributed by atoms with E-state index in [1.54, 1.807) is 18.2 Å². The van der Waals surface area contributed by atoms with Crippen LogP contribution in [-0.2, 0) is 4.79 Å². The van der Waals surface area contributed by atoms with Crippen LogP contribution in [-0.4, -0.2) is 18.2 Å². The molecule has 1 amide bonds. The maximum atomic E-state index is 11.8. The molecule has 0 atom stereocenters. The minimum Gasteiger partial charge on any atom is -0.483 e. The van der Waals surface area contributed by atoms with Crippen molar-refractivity contribution in [2.75, 3.05) is 6.61 Å². The quantitative estimate of drug-likeness (QED) is 0.677. The monoisotopic (exact) mass is 316 g/mol. The molecule has 2 rings (SSSR count). The van der Waals surface area contributed by atoms with Gasteiger partial charge >= 0.3 is 0 Å². The molecule has 2 aromatic carbocycles. The topological polar surface area (TPSA) is 50.7 Å². The van der Waals surface area contributed by atoms with E-state index >= 15 is 0 Å². The number of ether oxygens (including phenoxy) is 1. The maximum Gasteiger partial charge on any atom is 0.277 e. The molecule has 2 aromatic rings. The molecule has 114 valence electrons. The highest BCUT2D eigenvalue weighted by Gasteiger charge is 2.05. The van der Waals surface area contributed by atoms with Crippen molar-refractivity contribution in [2.45, 2.75) is 13.8 Å². The van der Waals surface area contributed by atoms with Gasteiger partial charge in [0.2, 0.25) is 0 Å². The molecule has 0 aliphatic rings. The first-order chi connectivity index (χ1) is 10.6. The van der Waals surface area contributed by atoms with Gasteiger partial charge in [-0.2, -0.15) is 5.10 Å². The average Bonchev–Trinajstić information content (AvgIpc) is 2.52. The standard InChI is InChI=1S/C17H17ClN2O2/c1-12-10-15(18)8-9-16(12)22-11-17(21)20-19-13(2)14-6-4-3-5-7-14/h3-10H,11H2,1-2H3,(H,20,21)/b19-13-. The number of hydrogen-bond donors (Lipinski definition) is 1. The van der Waals surface area contributed by atoms with E-state index in [4.69, 9.17) is 16.3 Å². The summed E-state index contributed by atoms with van der Waals surface area (Å²) < 4.78 is 5.45. The minimum atomic E-state index is -0.315. The van der Waals surface area contributed by atoms with Crippen LogP contribution < -0.4 is 10.2 Å². The number of hydrazone groups is 1. The number of nitrogens with one attached hydrogen (secondary N) is 1. The highest BCUT2D eigenvalue weighted by atomic mass is 35.5. The Hall–Kier alpha value is -2.33. The number of aryl methyl sites for hydroxylation is 1. The van der Waals surface area contributed by atoms with Gasteiger partial charge in [0.05, 0.1) is 5.71 Å². The number of rotatable bonds is 5. The largest absolute Gasteiger partial charge is 0.483 e. The Kier molecular flexibility index (Phi) is 5.55. The summed E-state index contributed by atoms with van der Waals surface area (Å²) in [6.45, 7) is 3.60. The average molecular weight is 317 g/mol. The molecule has 0 aliphatic carbocycles. The lowest BCUT2D eigenvalue weighted by atomic mass is 10.1. The zero-order chi connectivity index (χ0) is 15.9. The molecule has 0 aromatic heterocycles. The van der Waals surface area contributed by atoms with E-state index in [2.05, 4.69) is 10.5 Å². The maximum absolute atomic E-state index is 11.8. The Morgan fingerprint density at radius 3 is 2.64 bits per heavy atom. The highest BCUT2D eigenvalue weighted by Crippen LogP contribution is 2.21. The van der Waals surface area contributed by atoms with Crippen molar-refractivity contribution in [3.8, 4) is 5.75 Å². The number of benzene rings is 2. The number of hydrogen-bond acceptors (Lipinski definition) is 3. The number of carbonyl (C=O) groups is 1. The summed E-state index contributed by atoms with van der Waals surface area (Å²) in [5.41, 5.74) is 5.05. The van der Waals surface area contributed by atoms with Gasteiger partial charge in [0.25, 0.3) is 5.91 Å². The molecule has 0 spiro atoms. The van der Waals surface area contributed by atoms with Crippen LogP contribution in [0.5, 0.6) is 5.75 Å². The van der Waals surface area contributed by atoms with Crippen LogP contribution in [0.3, 0.4) is 0 Å². The number of carbonyl (C=O) groups excluding carboxylic acids is 1. The van der Waals surface area contributed by atoms with Gasteiger partial charge < -0.3 is 4.74 Å². The van der Waals surface area contributed by atoms with Gasteiger partial charge in [-0.15, -0.1) is 0 Å². The molecular weight excluding hydrogens is 300 g/mol. The molecular formula is C17H17ClN2O2. The molecule has 1 N–H and O–H groups in total. The Morgan fingerprint density at radius 2 is 1.95 bits per heavy atom. The van der Waals surface area contributed by atoms with Crippen molar-refractivity contribution in [3.05, 3.63) is 64.7 Å². The lowest BCUT2D eigenvalue weighted by Gasteiger charge is -2.08. The van der Waals surface area contributed by atoms with Crippen molar-refractivity contribution in [1.29, 1.82) is 0 Å². The van der Waals surface area contributed by atoms with E-state index in [1.165, 1.54) is 0 Å². The van der Waals surface area contributed by atoms with E-state index in [9.17, 15) is 4.79 Å². The van der Waals surface area contributed by atoms with Crippen LogP contribution in [0.2, 0.25) is 5.02 Å². The fourth-order valence-corrected chi connectivity index (χ4v) is 2.07. The summed E-state index contributed by atoms with van der Waals surface area (Å²) in [6.07, 6.45) is 0. The van der Waals surface area contributed by atoms with E-state index in [1.807, 2.05) is 44.2 Å². The molecule has 0 aliphatic heterocycles. The predicted molar refractivity (Wildman–Crippen MR) is 88.5 cm³/mol. The second-order valence-corrected chi connectivity index (χ2v) is 5.23. The molecule has 0 bridgehead atoms. The number of amides is 1. The first kappa shape index (κ1) is 16.0. The zero-order valence-electron chi connectivity index (χ0n) is 12.5. The highest BCUT2D eigenvalue weighted by molar-refractivity contribution is 6.30. The van der Waals surface area contributed by atoms with E-state index in [-0.39, 0.29) is 12.5 Å². The fraction of sp³-hybridized carbons (Fsp3) is 0.176. The molecule has 0 heterocycles. The van der Waals surface area contributed by atoms with E-state index < -0.39 is 0 Å². The summed E-state index contributed by atoms with van der Waals surface area (Å²) in [7, 11) is 0. The van der Waals surface area contributed by atoms with Crippen LogP contribution in [0.1, 0.15) is 18.1 Å². The van der Waals surface area contributed by atoms with Crippen molar-refractivity contribution >= 4 is 23.2 Å². The van der Waals surface area contributed by atoms with Crippen molar-refractivity contribution in [1.82, 2.24) is 5.43 Å². The normalized spacial score (nSPS) is 11.1. The fourth-order valence-electron chi connectivity index (χ4n) is 1.84. The summed E-state index contributed by atoms with van der Waals surface area (Å²) in [4.78, 5) is 11.8. The lowest BCUT2D eigenvalue weighted by molar-refractivity contribution is -0.123. The Bertz CT molecular complexity index is 684. The minimum absolute atomic E-state index is 0.103. The summed E-state index contributed by atoms with van der Waals surface area (Å²) in [5, 5.41) is 4.70. The van der Waals surface area contributed by atoms with Gasteiger partial charge in [-0.1, -0.05) is 41.9 Å².